The first kappa shape index (κ1) is 17.9. The van der Waals surface area contributed by atoms with Crippen LogP contribution >= 0.6 is 11.6 Å². The van der Waals surface area contributed by atoms with Crippen molar-refractivity contribution >= 4 is 34.6 Å². The van der Waals surface area contributed by atoms with Crippen LogP contribution < -0.4 is 10.6 Å². The highest BCUT2D eigenvalue weighted by Gasteiger charge is 2.12. The molecule has 2 aromatic carbocycles. The first-order valence-corrected chi connectivity index (χ1v) is 8.36. The van der Waals surface area contributed by atoms with Crippen molar-refractivity contribution in [1.82, 2.24) is 4.98 Å². The van der Waals surface area contributed by atoms with Crippen molar-refractivity contribution in [3.8, 4) is 0 Å². The van der Waals surface area contributed by atoms with Crippen LogP contribution in [0.4, 0.5) is 21.5 Å². The van der Waals surface area contributed by atoms with Crippen LogP contribution in [-0.4, -0.2) is 10.9 Å². The lowest BCUT2D eigenvalue weighted by Crippen LogP contribution is -2.14. The van der Waals surface area contributed by atoms with Gasteiger partial charge in [-0.2, -0.15) is 0 Å². The standard InChI is InChI=1S/C20H17ClFN3O/c1-12-7-13(2)19(16(21)8-12)25-20(26)14-9-15(11-23-10-14)24-18-6-4-3-5-17(18)22/h3-11,24H,1-2H3,(H,25,26). The lowest BCUT2D eigenvalue weighted by Gasteiger charge is -2.12. The third-order valence-corrected chi connectivity index (χ3v) is 4.12. The van der Waals surface area contributed by atoms with Crippen LogP contribution in [0.5, 0.6) is 0 Å². The molecule has 0 radical (unpaired) electrons. The quantitative estimate of drug-likeness (QED) is 0.639. The van der Waals surface area contributed by atoms with Gasteiger partial charge in [0.05, 0.1) is 33.8 Å². The Kier molecular flexibility index (Phi) is 5.19. The molecule has 0 spiro atoms. The van der Waals surface area contributed by atoms with E-state index in [1.54, 1.807) is 30.3 Å². The van der Waals surface area contributed by atoms with E-state index >= 15 is 0 Å². The third kappa shape index (κ3) is 4.00. The summed E-state index contributed by atoms with van der Waals surface area (Å²) in [6, 6.07) is 11.6. The van der Waals surface area contributed by atoms with E-state index < -0.39 is 0 Å². The minimum atomic E-state index is -0.385. The summed E-state index contributed by atoms with van der Waals surface area (Å²) < 4.78 is 13.8. The van der Waals surface area contributed by atoms with Gasteiger partial charge in [-0.25, -0.2) is 4.39 Å². The van der Waals surface area contributed by atoms with Crippen LogP contribution in [-0.2, 0) is 0 Å². The lowest BCUT2D eigenvalue weighted by molar-refractivity contribution is 0.102. The first-order valence-electron chi connectivity index (χ1n) is 7.99. The highest BCUT2D eigenvalue weighted by Crippen LogP contribution is 2.28. The lowest BCUT2D eigenvalue weighted by atomic mass is 10.1. The van der Waals surface area contributed by atoms with Crippen LogP contribution in [0.2, 0.25) is 5.02 Å². The average molecular weight is 370 g/mol. The van der Waals surface area contributed by atoms with Crippen LogP contribution in [0.25, 0.3) is 0 Å². The molecular formula is C20H17ClFN3O. The minimum absolute atomic E-state index is 0.310. The Morgan fingerprint density at radius 1 is 1.12 bits per heavy atom. The number of aromatic nitrogens is 1. The van der Waals surface area contributed by atoms with Gasteiger partial charge in [-0.3, -0.25) is 9.78 Å². The average Bonchev–Trinajstić information content (AvgIpc) is 2.60. The van der Waals surface area contributed by atoms with Gasteiger partial charge in [0, 0.05) is 6.20 Å². The number of nitrogens with zero attached hydrogens (tertiary/aromatic N) is 1. The SMILES string of the molecule is Cc1cc(C)c(NC(=O)c2cncc(Nc3ccccc3F)c2)c(Cl)c1. The highest BCUT2D eigenvalue weighted by atomic mass is 35.5. The fraction of sp³-hybridized carbons (Fsp3) is 0.100. The molecule has 0 aliphatic carbocycles. The molecule has 1 amide bonds. The zero-order valence-electron chi connectivity index (χ0n) is 14.3. The van der Waals surface area contributed by atoms with Gasteiger partial charge in [-0.05, 0) is 49.2 Å². The number of rotatable bonds is 4. The maximum atomic E-state index is 13.8. The Morgan fingerprint density at radius 3 is 2.62 bits per heavy atom. The van der Waals surface area contributed by atoms with E-state index in [2.05, 4.69) is 15.6 Å². The molecule has 3 rings (SSSR count). The predicted molar refractivity (Wildman–Crippen MR) is 103 cm³/mol. The Bertz CT molecular complexity index is 952. The normalized spacial score (nSPS) is 10.5. The van der Waals surface area contributed by atoms with Gasteiger partial charge in [0.1, 0.15) is 5.82 Å². The Balaban J connectivity index is 1.82. The topological polar surface area (TPSA) is 54.0 Å². The Labute approximate surface area is 156 Å². The van der Waals surface area contributed by atoms with E-state index in [1.165, 1.54) is 18.5 Å². The zero-order chi connectivity index (χ0) is 18.7. The summed E-state index contributed by atoms with van der Waals surface area (Å²) in [5, 5.41) is 6.21. The molecule has 3 aromatic rings. The summed E-state index contributed by atoms with van der Waals surface area (Å²) >= 11 is 6.24. The van der Waals surface area contributed by atoms with Gasteiger partial charge in [-0.1, -0.05) is 29.8 Å². The molecule has 0 aliphatic rings. The van der Waals surface area contributed by atoms with Gasteiger partial charge >= 0.3 is 0 Å². The summed E-state index contributed by atoms with van der Waals surface area (Å²) in [5.41, 5.74) is 3.61. The molecule has 2 N–H and O–H groups in total. The number of nitrogens with one attached hydrogen (secondary N) is 2. The maximum Gasteiger partial charge on any atom is 0.257 e. The molecule has 1 aromatic heterocycles. The summed E-state index contributed by atoms with van der Waals surface area (Å²) in [5.74, 6) is -0.729. The third-order valence-electron chi connectivity index (χ3n) is 3.82. The number of amides is 1. The smallest absolute Gasteiger partial charge is 0.257 e. The summed E-state index contributed by atoms with van der Waals surface area (Å²) in [7, 11) is 0. The van der Waals surface area contributed by atoms with Crippen molar-refractivity contribution in [3.63, 3.8) is 0 Å². The molecule has 0 bridgehead atoms. The number of para-hydroxylation sites is 1. The zero-order valence-corrected chi connectivity index (χ0v) is 15.1. The van der Waals surface area contributed by atoms with Crippen molar-refractivity contribution in [1.29, 1.82) is 0 Å². The second-order valence-electron chi connectivity index (χ2n) is 5.96. The predicted octanol–water partition coefficient (Wildman–Crippen LogP) is 5.49. The molecule has 0 fully saturated rings. The van der Waals surface area contributed by atoms with Gasteiger partial charge < -0.3 is 10.6 Å². The van der Waals surface area contributed by atoms with E-state index in [9.17, 15) is 9.18 Å². The van der Waals surface area contributed by atoms with Crippen LogP contribution in [0.3, 0.4) is 0 Å². The molecular weight excluding hydrogens is 353 g/mol. The number of benzene rings is 2. The number of aryl methyl sites for hydroxylation is 2. The number of halogens is 2. The first-order chi connectivity index (χ1) is 12.4. The fourth-order valence-electron chi connectivity index (χ4n) is 2.61. The number of carbonyl (C=O) groups is 1. The molecule has 0 saturated carbocycles. The molecule has 1 heterocycles. The van der Waals surface area contributed by atoms with Gasteiger partial charge in [0.25, 0.3) is 5.91 Å². The van der Waals surface area contributed by atoms with Gasteiger partial charge in [0.2, 0.25) is 0 Å². The summed E-state index contributed by atoms with van der Waals surface area (Å²) in [6.07, 6.45) is 2.96. The van der Waals surface area contributed by atoms with Crippen molar-refractivity contribution < 1.29 is 9.18 Å². The van der Waals surface area contributed by atoms with E-state index in [0.29, 0.717) is 27.6 Å². The van der Waals surface area contributed by atoms with Crippen molar-refractivity contribution in [2.24, 2.45) is 0 Å². The molecule has 6 heteroatoms. The molecule has 132 valence electrons. The van der Waals surface area contributed by atoms with E-state index in [1.807, 2.05) is 19.9 Å². The maximum absolute atomic E-state index is 13.8. The Morgan fingerprint density at radius 2 is 1.88 bits per heavy atom. The molecule has 0 atom stereocenters. The molecule has 26 heavy (non-hydrogen) atoms. The number of hydrogen-bond donors (Lipinski definition) is 2. The second kappa shape index (κ2) is 7.54. The van der Waals surface area contributed by atoms with Crippen LogP contribution in [0.1, 0.15) is 21.5 Å². The van der Waals surface area contributed by atoms with E-state index in [0.717, 1.165) is 11.1 Å². The summed E-state index contributed by atoms with van der Waals surface area (Å²) in [4.78, 5) is 16.6. The Hall–Kier alpha value is -2.92. The molecule has 0 saturated heterocycles. The van der Waals surface area contributed by atoms with Crippen molar-refractivity contribution in [2.75, 3.05) is 10.6 Å². The number of hydrogen-bond acceptors (Lipinski definition) is 3. The molecule has 4 nitrogen and oxygen atoms in total. The minimum Gasteiger partial charge on any atom is -0.352 e. The van der Waals surface area contributed by atoms with Gasteiger partial charge in [0.15, 0.2) is 0 Å². The molecule has 0 unspecified atom stereocenters. The highest BCUT2D eigenvalue weighted by molar-refractivity contribution is 6.34. The van der Waals surface area contributed by atoms with Gasteiger partial charge in [-0.15, -0.1) is 0 Å². The van der Waals surface area contributed by atoms with Crippen LogP contribution in [0.15, 0.2) is 54.9 Å². The number of anilines is 3. The fourth-order valence-corrected chi connectivity index (χ4v) is 2.98. The van der Waals surface area contributed by atoms with Crippen LogP contribution in [0, 0.1) is 19.7 Å². The van der Waals surface area contributed by atoms with Crippen molar-refractivity contribution in [2.45, 2.75) is 13.8 Å². The van der Waals surface area contributed by atoms with E-state index in [4.69, 9.17) is 11.6 Å². The largest absolute Gasteiger partial charge is 0.352 e. The van der Waals surface area contributed by atoms with E-state index in [-0.39, 0.29) is 11.7 Å². The second-order valence-corrected chi connectivity index (χ2v) is 6.37. The number of pyridine rings is 1. The molecule has 0 aliphatic heterocycles. The van der Waals surface area contributed by atoms with Crippen molar-refractivity contribution in [3.05, 3.63) is 82.4 Å². The monoisotopic (exact) mass is 369 g/mol. The summed E-state index contributed by atoms with van der Waals surface area (Å²) in [6.45, 7) is 3.81. The number of carbonyl (C=O) groups excluding carboxylic acids is 1.